The third-order valence-electron chi connectivity index (χ3n) is 0.380. The van der Waals surface area contributed by atoms with E-state index in [1.54, 1.807) is 0 Å². The Morgan fingerprint density at radius 1 is 1.33 bits per heavy atom. The molecular formula is C4H9F2O2P. The lowest BCUT2D eigenvalue weighted by Crippen LogP contribution is -2.15. The topological polar surface area (TPSA) is 26.3 Å². The smallest absolute Gasteiger partial charge is 0.274 e. The van der Waals surface area contributed by atoms with Crippen molar-refractivity contribution in [1.82, 2.24) is 0 Å². The first-order valence-electron chi connectivity index (χ1n) is 2.41. The van der Waals surface area contributed by atoms with Crippen molar-refractivity contribution in [1.29, 1.82) is 0 Å². The number of hydrogen-bond donors (Lipinski definition) is 0. The van der Waals surface area contributed by atoms with E-state index in [0.29, 0.717) is 0 Å². The van der Waals surface area contributed by atoms with Crippen molar-refractivity contribution in [3.63, 3.8) is 0 Å². The molecule has 56 valence electrons. The first kappa shape index (κ1) is 9.05. The molecule has 0 aliphatic heterocycles. The van der Waals surface area contributed by atoms with Crippen LogP contribution in [0.1, 0.15) is 20.8 Å². The van der Waals surface area contributed by atoms with Crippen molar-refractivity contribution in [3.05, 3.63) is 0 Å². The molecule has 0 fully saturated rings. The summed E-state index contributed by atoms with van der Waals surface area (Å²) in [6.45, 7) is 4.25. The molecule has 9 heavy (non-hydrogen) atoms. The molecule has 0 aliphatic carbocycles. The van der Waals surface area contributed by atoms with E-state index in [1.165, 1.54) is 20.8 Å². The van der Waals surface area contributed by atoms with Crippen LogP contribution < -0.4 is 0 Å². The van der Waals surface area contributed by atoms with E-state index in [9.17, 15) is 13.0 Å². The summed E-state index contributed by atoms with van der Waals surface area (Å²) in [6, 6.07) is 0. The van der Waals surface area contributed by atoms with Gasteiger partial charge in [0.25, 0.3) is 0 Å². The van der Waals surface area contributed by atoms with Gasteiger partial charge in [-0.1, -0.05) is 0 Å². The molecule has 0 N–H and O–H groups in total. The summed E-state index contributed by atoms with van der Waals surface area (Å²) >= 11 is 0. The van der Waals surface area contributed by atoms with Gasteiger partial charge >= 0.3 is 7.99 Å². The lowest BCUT2D eigenvalue weighted by Gasteiger charge is -2.16. The second-order valence-electron chi connectivity index (χ2n) is 2.62. The van der Waals surface area contributed by atoms with E-state index in [2.05, 4.69) is 4.52 Å². The van der Waals surface area contributed by atoms with Gasteiger partial charge in [0.1, 0.15) is 0 Å². The van der Waals surface area contributed by atoms with Crippen LogP contribution in [0.25, 0.3) is 0 Å². The van der Waals surface area contributed by atoms with Gasteiger partial charge in [0, 0.05) is 0 Å². The van der Waals surface area contributed by atoms with Crippen LogP contribution in [0.3, 0.4) is 0 Å². The van der Waals surface area contributed by atoms with E-state index >= 15 is 0 Å². The van der Waals surface area contributed by atoms with Gasteiger partial charge in [-0.05, 0) is 20.8 Å². The largest absolute Gasteiger partial charge is 0.552 e. The maximum atomic E-state index is 11.6. The van der Waals surface area contributed by atoms with Crippen LogP contribution in [0, 0.1) is 0 Å². The fraction of sp³-hybridized carbons (Fsp3) is 1.00. The average molecular weight is 158 g/mol. The summed E-state index contributed by atoms with van der Waals surface area (Å²) in [4.78, 5) is 0. The van der Waals surface area contributed by atoms with Gasteiger partial charge in [0.2, 0.25) is 0 Å². The normalized spacial score (nSPS) is 13.9. The molecule has 0 bridgehead atoms. The minimum atomic E-state index is -5.29. The summed E-state index contributed by atoms with van der Waals surface area (Å²) < 4.78 is 36.6. The molecule has 0 amide bonds. The van der Waals surface area contributed by atoms with E-state index in [4.69, 9.17) is 0 Å². The molecule has 0 aromatic rings. The van der Waals surface area contributed by atoms with Gasteiger partial charge in [0.05, 0.1) is 5.60 Å². The van der Waals surface area contributed by atoms with Gasteiger partial charge in [-0.2, -0.15) is 0 Å². The van der Waals surface area contributed by atoms with Crippen LogP contribution in [-0.4, -0.2) is 5.60 Å². The Balaban J connectivity index is 3.90. The Hall–Kier alpha value is 0.0500. The second kappa shape index (κ2) is 2.35. The van der Waals surface area contributed by atoms with Crippen LogP contribution >= 0.6 is 7.99 Å². The van der Waals surface area contributed by atoms with Crippen LogP contribution in [0.15, 0.2) is 0 Å². The van der Waals surface area contributed by atoms with Crippen LogP contribution in [0.2, 0.25) is 0 Å². The summed E-state index contributed by atoms with van der Waals surface area (Å²) in [5.74, 6) is 0. The quantitative estimate of drug-likeness (QED) is 0.548. The van der Waals surface area contributed by atoms with Gasteiger partial charge < -0.3 is 0 Å². The number of halogens is 2. The highest BCUT2D eigenvalue weighted by Crippen LogP contribution is 2.53. The Morgan fingerprint density at radius 3 is 1.67 bits per heavy atom. The van der Waals surface area contributed by atoms with Crippen LogP contribution in [-0.2, 0) is 9.09 Å². The lowest BCUT2D eigenvalue weighted by molar-refractivity contribution is 0.107. The zero-order chi connectivity index (χ0) is 7.71. The predicted molar refractivity (Wildman–Crippen MR) is 30.7 cm³/mol. The molecule has 0 aliphatic rings. The fourth-order valence-electron chi connectivity index (χ4n) is 0.319. The van der Waals surface area contributed by atoms with Crippen molar-refractivity contribution in [2.75, 3.05) is 0 Å². The second-order valence-corrected chi connectivity index (χ2v) is 3.63. The summed E-state index contributed by atoms with van der Waals surface area (Å²) in [5.41, 5.74) is -1.03. The molecule has 2 nitrogen and oxygen atoms in total. The number of hydrogen-bond acceptors (Lipinski definition) is 2. The van der Waals surface area contributed by atoms with Gasteiger partial charge in [-0.3, -0.25) is 4.52 Å². The van der Waals surface area contributed by atoms with E-state index in [1.807, 2.05) is 0 Å². The standard InChI is InChI=1S/C4H9F2O2P/c1-4(2,3)8-9(5,6)7/h1-3H3. The minimum Gasteiger partial charge on any atom is -0.274 e. The maximum Gasteiger partial charge on any atom is 0.552 e. The SMILES string of the molecule is CC(C)(C)OP(=O)(F)F. The summed E-state index contributed by atoms with van der Waals surface area (Å²) in [5, 5.41) is 0. The predicted octanol–water partition coefficient (Wildman–Crippen LogP) is 2.85. The molecule has 0 saturated carbocycles. The highest BCUT2D eigenvalue weighted by molar-refractivity contribution is 7.47. The zero-order valence-corrected chi connectivity index (χ0v) is 6.41. The Bertz CT molecular complexity index is 134. The molecule has 0 aromatic carbocycles. The zero-order valence-electron chi connectivity index (χ0n) is 5.52. The highest BCUT2D eigenvalue weighted by Gasteiger charge is 2.28. The van der Waals surface area contributed by atoms with Crippen molar-refractivity contribution in [2.24, 2.45) is 0 Å². The minimum absolute atomic E-state index is 1.03. The lowest BCUT2D eigenvalue weighted by atomic mass is 10.2. The van der Waals surface area contributed by atoms with Crippen molar-refractivity contribution in [2.45, 2.75) is 26.4 Å². The fourth-order valence-corrected chi connectivity index (χ4v) is 0.956. The highest BCUT2D eigenvalue weighted by atomic mass is 31.2. The molecule has 0 rings (SSSR count). The average Bonchev–Trinajstić information content (AvgIpc) is 1.14. The molecule has 0 radical (unpaired) electrons. The van der Waals surface area contributed by atoms with Gasteiger partial charge in [-0.25, -0.2) is 4.57 Å². The first-order valence-corrected chi connectivity index (χ1v) is 3.81. The number of rotatable bonds is 1. The third-order valence-corrected chi connectivity index (χ3v) is 1.14. The van der Waals surface area contributed by atoms with E-state index in [-0.39, 0.29) is 0 Å². The van der Waals surface area contributed by atoms with Crippen LogP contribution in [0.4, 0.5) is 8.39 Å². The van der Waals surface area contributed by atoms with Gasteiger partial charge in [0.15, 0.2) is 0 Å². The molecule has 0 saturated heterocycles. The Kier molecular flexibility index (Phi) is 2.36. The first-order chi connectivity index (χ1) is 3.71. The Morgan fingerprint density at radius 2 is 1.67 bits per heavy atom. The van der Waals surface area contributed by atoms with Crippen molar-refractivity contribution in [3.8, 4) is 0 Å². The summed E-state index contributed by atoms with van der Waals surface area (Å²) in [6.07, 6.45) is 0. The molecule has 0 unspecified atom stereocenters. The molecule has 5 heteroatoms. The maximum absolute atomic E-state index is 11.6. The monoisotopic (exact) mass is 158 g/mol. The Labute approximate surface area is 52.9 Å². The van der Waals surface area contributed by atoms with Gasteiger partial charge in [-0.15, -0.1) is 8.39 Å². The molecule has 0 aromatic heterocycles. The van der Waals surface area contributed by atoms with Crippen LogP contribution in [0.5, 0.6) is 0 Å². The molecule has 0 spiro atoms. The van der Waals surface area contributed by atoms with Crippen molar-refractivity contribution >= 4 is 7.99 Å². The van der Waals surface area contributed by atoms with E-state index < -0.39 is 13.6 Å². The molecule has 0 atom stereocenters. The molecule has 0 heterocycles. The van der Waals surface area contributed by atoms with Crippen molar-refractivity contribution < 1.29 is 17.5 Å². The summed E-state index contributed by atoms with van der Waals surface area (Å²) in [7, 11) is -5.29. The third kappa shape index (κ3) is 8.05. The molecular weight excluding hydrogens is 149 g/mol. The van der Waals surface area contributed by atoms with E-state index in [0.717, 1.165) is 0 Å².